The molecule has 0 aromatic carbocycles. The second kappa shape index (κ2) is 3.03. The summed E-state index contributed by atoms with van der Waals surface area (Å²) in [7, 11) is -3.08. The number of imidazole rings is 1. The molecule has 0 aliphatic heterocycles. The molecule has 0 aliphatic carbocycles. The zero-order valence-electron chi connectivity index (χ0n) is 5.23. The maximum Gasteiger partial charge on any atom is 0.192 e. The van der Waals surface area contributed by atoms with Crippen molar-refractivity contribution in [3.8, 4) is 0 Å². The van der Waals surface area contributed by atoms with Crippen LogP contribution >= 0.6 is 12.4 Å². The van der Waals surface area contributed by atoms with E-state index in [1.165, 1.54) is 12.5 Å². The molecule has 0 radical (unpaired) electrons. The number of nitrogens with zero attached hydrogens (tertiary/aromatic N) is 1. The first kappa shape index (κ1) is 9.45. The molecule has 58 valence electrons. The van der Waals surface area contributed by atoms with Crippen LogP contribution in [0.15, 0.2) is 17.6 Å². The average molecular weight is 183 g/mol. The number of hydrogen-bond donors (Lipinski definition) is 1. The van der Waals surface area contributed by atoms with Crippen molar-refractivity contribution in [2.24, 2.45) is 0 Å². The molecular formula is C4H7ClN2O2S. The highest BCUT2D eigenvalue weighted by atomic mass is 35.5. The van der Waals surface area contributed by atoms with E-state index in [4.69, 9.17) is 0 Å². The van der Waals surface area contributed by atoms with Crippen LogP contribution in [0.25, 0.3) is 0 Å². The van der Waals surface area contributed by atoms with Gasteiger partial charge in [-0.25, -0.2) is 13.4 Å². The summed E-state index contributed by atoms with van der Waals surface area (Å²) in [4.78, 5) is 6.03. The fourth-order valence-electron chi connectivity index (χ4n) is 0.446. The van der Waals surface area contributed by atoms with Gasteiger partial charge in [0.1, 0.15) is 0 Å². The maximum absolute atomic E-state index is 10.6. The van der Waals surface area contributed by atoms with Crippen LogP contribution in [0.4, 0.5) is 0 Å². The zero-order valence-corrected chi connectivity index (χ0v) is 6.87. The summed E-state index contributed by atoms with van der Waals surface area (Å²) >= 11 is 0. The van der Waals surface area contributed by atoms with Gasteiger partial charge in [0, 0.05) is 6.26 Å². The number of aromatic nitrogens is 2. The predicted octanol–water partition coefficient (Wildman–Crippen LogP) is 0.235. The van der Waals surface area contributed by atoms with Crippen molar-refractivity contribution in [3.05, 3.63) is 12.5 Å². The van der Waals surface area contributed by atoms with E-state index in [-0.39, 0.29) is 17.4 Å². The smallest absolute Gasteiger partial charge is 0.192 e. The van der Waals surface area contributed by atoms with E-state index in [2.05, 4.69) is 9.97 Å². The molecule has 1 aromatic rings. The molecule has 0 spiro atoms. The molecule has 0 saturated carbocycles. The summed E-state index contributed by atoms with van der Waals surface area (Å²) in [6, 6.07) is 0. The molecule has 0 aliphatic rings. The van der Waals surface area contributed by atoms with Gasteiger partial charge < -0.3 is 4.98 Å². The van der Waals surface area contributed by atoms with E-state index in [1.54, 1.807) is 0 Å². The highest BCUT2D eigenvalue weighted by Crippen LogP contribution is 1.99. The van der Waals surface area contributed by atoms with Crippen LogP contribution in [-0.4, -0.2) is 24.6 Å². The molecule has 0 saturated heterocycles. The molecule has 0 amide bonds. The van der Waals surface area contributed by atoms with Gasteiger partial charge in [-0.2, -0.15) is 0 Å². The molecule has 4 nitrogen and oxygen atoms in total. The van der Waals surface area contributed by atoms with Crippen molar-refractivity contribution in [1.82, 2.24) is 9.97 Å². The summed E-state index contributed by atoms with van der Waals surface area (Å²) in [6.45, 7) is 0. The molecule has 1 N–H and O–H groups in total. The van der Waals surface area contributed by atoms with Crippen LogP contribution in [0.5, 0.6) is 0 Å². The Morgan fingerprint density at radius 3 is 2.40 bits per heavy atom. The van der Waals surface area contributed by atoms with Gasteiger partial charge in [0.25, 0.3) is 0 Å². The number of nitrogens with one attached hydrogen (secondary N) is 1. The first-order chi connectivity index (χ1) is 4.11. The van der Waals surface area contributed by atoms with Gasteiger partial charge in [-0.05, 0) is 0 Å². The van der Waals surface area contributed by atoms with Gasteiger partial charge in [0.15, 0.2) is 14.9 Å². The number of hydrogen-bond acceptors (Lipinski definition) is 3. The lowest BCUT2D eigenvalue weighted by molar-refractivity contribution is 0.599. The van der Waals surface area contributed by atoms with Crippen LogP contribution in [0.2, 0.25) is 0 Å². The van der Waals surface area contributed by atoms with Crippen molar-refractivity contribution >= 4 is 22.2 Å². The third-order valence-electron chi connectivity index (χ3n) is 0.873. The molecular weight excluding hydrogens is 176 g/mol. The number of sulfone groups is 1. The zero-order chi connectivity index (χ0) is 6.91. The van der Waals surface area contributed by atoms with Crippen molar-refractivity contribution < 1.29 is 8.42 Å². The fourth-order valence-corrected chi connectivity index (χ4v) is 0.965. The summed E-state index contributed by atoms with van der Waals surface area (Å²) < 4.78 is 21.2. The predicted molar refractivity (Wildman–Crippen MR) is 38.9 cm³/mol. The Morgan fingerprint density at radius 2 is 2.20 bits per heavy atom. The Labute approximate surface area is 65.0 Å². The number of H-pyrrole nitrogens is 1. The van der Waals surface area contributed by atoms with Crippen LogP contribution in [0.1, 0.15) is 0 Å². The summed E-state index contributed by atoms with van der Waals surface area (Å²) in [5.41, 5.74) is 0. The highest BCUT2D eigenvalue weighted by Gasteiger charge is 2.05. The van der Waals surface area contributed by atoms with E-state index >= 15 is 0 Å². The summed E-state index contributed by atoms with van der Waals surface area (Å²) in [6.07, 6.45) is 3.73. The Hall–Kier alpha value is -0.550. The van der Waals surface area contributed by atoms with E-state index in [1.807, 2.05) is 0 Å². The molecule has 10 heavy (non-hydrogen) atoms. The van der Waals surface area contributed by atoms with Gasteiger partial charge in [0.05, 0.1) is 12.5 Å². The molecule has 0 fully saturated rings. The Balaban J connectivity index is 0.000000810. The largest absolute Gasteiger partial charge is 0.336 e. The standard InChI is InChI=1S/C4H6N2O2S.ClH/c1-9(7,8)4-2-5-3-6-4;/h2-3H,1H3,(H,5,6);1H. The highest BCUT2D eigenvalue weighted by molar-refractivity contribution is 7.90. The summed E-state index contributed by atoms with van der Waals surface area (Å²) in [5, 5.41) is 0.155. The van der Waals surface area contributed by atoms with E-state index in [9.17, 15) is 8.42 Å². The van der Waals surface area contributed by atoms with Gasteiger partial charge in [0.2, 0.25) is 0 Å². The van der Waals surface area contributed by atoms with E-state index < -0.39 is 9.84 Å². The quantitative estimate of drug-likeness (QED) is 0.677. The Kier molecular flexibility index (Phi) is 2.86. The minimum atomic E-state index is -3.08. The topological polar surface area (TPSA) is 62.8 Å². The number of halogens is 1. The lowest BCUT2D eigenvalue weighted by Gasteiger charge is -1.86. The Bertz CT molecular complexity index is 278. The second-order valence-electron chi connectivity index (χ2n) is 1.69. The third-order valence-corrected chi connectivity index (χ3v) is 1.89. The summed E-state index contributed by atoms with van der Waals surface area (Å²) in [5.74, 6) is 0. The first-order valence-corrected chi connectivity index (χ1v) is 4.18. The van der Waals surface area contributed by atoms with Crippen LogP contribution in [0.3, 0.4) is 0 Å². The van der Waals surface area contributed by atoms with Crippen molar-refractivity contribution in [3.63, 3.8) is 0 Å². The van der Waals surface area contributed by atoms with Crippen molar-refractivity contribution in [2.75, 3.05) is 6.26 Å². The lowest BCUT2D eigenvalue weighted by Crippen LogP contribution is -1.95. The molecule has 0 atom stereocenters. The van der Waals surface area contributed by atoms with Crippen molar-refractivity contribution in [2.45, 2.75) is 5.03 Å². The normalized spacial score (nSPS) is 10.5. The molecule has 0 unspecified atom stereocenters. The van der Waals surface area contributed by atoms with Crippen LogP contribution in [0, 0.1) is 0 Å². The lowest BCUT2D eigenvalue weighted by atomic mass is 11.0. The van der Waals surface area contributed by atoms with Crippen molar-refractivity contribution in [1.29, 1.82) is 0 Å². The van der Waals surface area contributed by atoms with Crippen LogP contribution < -0.4 is 0 Å². The minimum absolute atomic E-state index is 0. The first-order valence-electron chi connectivity index (χ1n) is 2.29. The third kappa shape index (κ3) is 2.00. The molecule has 1 aromatic heterocycles. The Morgan fingerprint density at radius 1 is 1.60 bits per heavy atom. The fraction of sp³-hybridized carbons (Fsp3) is 0.250. The van der Waals surface area contributed by atoms with E-state index in [0.29, 0.717) is 0 Å². The van der Waals surface area contributed by atoms with Gasteiger partial charge in [-0.15, -0.1) is 12.4 Å². The number of aromatic amines is 1. The van der Waals surface area contributed by atoms with Gasteiger partial charge >= 0.3 is 0 Å². The van der Waals surface area contributed by atoms with E-state index in [0.717, 1.165) is 6.26 Å². The monoisotopic (exact) mass is 182 g/mol. The van der Waals surface area contributed by atoms with Crippen LogP contribution in [-0.2, 0) is 9.84 Å². The molecule has 1 heterocycles. The maximum atomic E-state index is 10.6. The average Bonchev–Trinajstić information content (AvgIpc) is 2.08. The SMILES string of the molecule is CS(=O)(=O)c1cnc[nH]1.Cl. The number of rotatable bonds is 1. The molecule has 6 heteroatoms. The molecule has 1 rings (SSSR count). The second-order valence-corrected chi connectivity index (χ2v) is 3.67. The molecule has 0 bridgehead atoms. The van der Waals surface area contributed by atoms with Gasteiger partial charge in [-0.3, -0.25) is 0 Å². The van der Waals surface area contributed by atoms with Gasteiger partial charge in [-0.1, -0.05) is 0 Å². The minimum Gasteiger partial charge on any atom is -0.336 e.